The number of aromatic nitrogens is 3. The number of carbonyl (C=O) groups excluding carboxylic acids is 2. The lowest BCUT2D eigenvalue weighted by Gasteiger charge is -2.14. The molecule has 0 spiro atoms. The first-order valence-corrected chi connectivity index (χ1v) is 8.66. The molecular formula is C20H21N3O5. The molecule has 0 aliphatic carbocycles. The number of H-pyrrole nitrogens is 1. The lowest BCUT2D eigenvalue weighted by atomic mass is 9.98. The Bertz CT molecular complexity index is 1000. The minimum atomic E-state index is -0.428. The molecule has 8 nitrogen and oxygen atoms in total. The predicted octanol–water partition coefficient (Wildman–Crippen LogP) is 3.06. The van der Waals surface area contributed by atoms with Gasteiger partial charge in [0.2, 0.25) is 5.75 Å². The smallest absolute Gasteiger partial charge is 0.203 e. The van der Waals surface area contributed by atoms with E-state index in [-0.39, 0.29) is 12.2 Å². The number of nitrogens with zero attached hydrogens (tertiary/aromatic N) is 2. The van der Waals surface area contributed by atoms with E-state index >= 15 is 0 Å². The van der Waals surface area contributed by atoms with Gasteiger partial charge in [-0.25, -0.2) is 9.97 Å². The van der Waals surface area contributed by atoms with Crippen molar-refractivity contribution in [2.75, 3.05) is 21.3 Å². The zero-order chi connectivity index (χ0) is 20.3. The maximum Gasteiger partial charge on any atom is 0.203 e. The Labute approximate surface area is 161 Å². The Morgan fingerprint density at radius 2 is 1.86 bits per heavy atom. The molecule has 3 aromatic rings. The highest BCUT2D eigenvalue weighted by Gasteiger charge is 2.21. The van der Waals surface area contributed by atoms with E-state index < -0.39 is 5.92 Å². The lowest BCUT2D eigenvalue weighted by Crippen LogP contribution is -2.11. The Hall–Kier alpha value is -3.42. The van der Waals surface area contributed by atoms with Crippen LogP contribution in [-0.4, -0.2) is 48.4 Å². The zero-order valence-corrected chi connectivity index (χ0v) is 16.1. The normalized spacial score (nSPS) is 11.9. The third kappa shape index (κ3) is 3.40. The topological polar surface area (TPSA) is 103 Å². The van der Waals surface area contributed by atoms with E-state index in [0.29, 0.717) is 45.2 Å². The number of ether oxygens (including phenoxy) is 3. The number of hydrogen-bond acceptors (Lipinski definition) is 7. The highest BCUT2D eigenvalue weighted by Crippen LogP contribution is 2.41. The molecule has 0 saturated carbocycles. The van der Waals surface area contributed by atoms with Crippen LogP contribution in [0.1, 0.15) is 23.7 Å². The number of benzene rings is 1. The van der Waals surface area contributed by atoms with Crippen LogP contribution < -0.4 is 14.2 Å². The molecule has 28 heavy (non-hydrogen) atoms. The van der Waals surface area contributed by atoms with Gasteiger partial charge in [-0.3, -0.25) is 4.79 Å². The SMILES string of the molecule is COc1cc(-c2cnc3[nH]cc(C(=O)C(C)CC=O)c3n2)cc(OC)c1OC. The molecule has 1 unspecified atom stereocenters. The van der Waals surface area contributed by atoms with Crippen LogP contribution in [-0.2, 0) is 4.79 Å². The molecule has 1 N–H and O–H groups in total. The molecule has 2 aromatic heterocycles. The van der Waals surface area contributed by atoms with Crippen molar-refractivity contribution in [3.8, 4) is 28.5 Å². The maximum absolute atomic E-state index is 12.6. The molecule has 1 atom stereocenters. The predicted molar refractivity (Wildman–Crippen MR) is 103 cm³/mol. The van der Waals surface area contributed by atoms with Gasteiger partial charge < -0.3 is 24.0 Å². The van der Waals surface area contributed by atoms with Crippen molar-refractivity contribution in [1.29, 1.82) is 0 Å². The fraction of sp³-hybridized carbons (Fsp3) is 0.300. The van der Waals surface area contributed by atoms with Crippen molar-refractivity contribution >= 4 is 23.2 Å². The number of aldehydes is 1. The third-order valence-electron chi connectivity index (χ3n) is 4.50. The van der Waals surface area contributed by atoms with Crippen LogP contribution in [0.2, 0.25) is 0 Å². The molecule has 0 bridgehead atoms. The number of hydrogen-bond donors (Lipinski definition) is 1. The molecule has 3 rings (SSSR count). The van der Waals surface area contributed by atoms with Crippen molar-refractivity contribution in [1.82, 2.24) is 15.0 Å². The van der Waals surface area contributed by atoms with Gasteiger partial charge in [0.05, 0.1) is 38.8 Å². The van der Waals surface area contributed by atoms with Gasteiger partial charge in [0.25, 0.3) is 0 Å². The second-order valence-electron chi connectivity index (χ2n) is 6.24. The molecule has 0 fully saturated rings. The number of rotatable bonds is 8. The summed E-state index contributed by atoms with van der Waals surface area (Å²) in [4.78, 5) is 35.3. The number of fused-ring (bicyclic) bond motifs is 1. The summed E-state index contributed by atoms with van der Waals surface area (Å²) in [5.74, 6) is 0.869. The second-order valence-corrected chi connectivity index (χ2v) is 6.24. The van der Waals surface area contributed by atoms with E-state index in [4.69, 9.17) is 14.2 Å². The molecular weight excluding hydrogens is 362 g/mol. The van der Waals surface area contributed by atoms with Crippen LogP contribution in [0.5, 0.6) is 17.2 Å². The van der Waals surface area contributed by atoms with Crippen LogP contribution in [0.15, 0.2) is 24.5 Å². The lowest BCUT2D eigenvalue weighted by molar-refractivity contribution is -0.108. The summed E-state index contributed by atoms with van der Waals surface area (Å²) < 4.78 is 16.1. The fourth-order valence-electron chi connectivity index (χ4n) is 2.96. The monoisotopic (exact) mass is 383 g/mol. The van der Waals surface area contributed by atoms with Crippen molar-refractivity contribution < 1.29 is 23.8 Å². The molecule has 2 heterocycles. The molecule has 0 radical (unpaired) electrons. The Balaban J connectivity index is 2.11. The van der Waals surface area contributed by atoms with E-state index in [9.17, 15) is 9.59 Å². The largest absolute Gasteiger partial charge is 0.493 e. The van der Waals surface area contributed by atoms with Crippen molar-refractivity contribution in [3.63, 3.8) is 0 Å². The van der Waals surface area contributed by atoms with Crippen molar-refractivity contribution in [3.05, 3.63) is 30.1 Å². The van der Waals surface area contributed by atoms with E-state index in [1.807, 2.05) is 0 Å². The summed E-state index contributed by atoms with van der Waals surface area (Å²) >= 11 is 0. The maximum atomic E-state index is 12.6. The van der Waals surface area contributed by atoms with Crippen molar-refractivity contribution in [2.45, 2.75) is 13.3 Å². The summed E-state index contributed by atoms with van der Waals surface area (Å²) in [6, 6.07) is 3.53. The first-order valence-electron chi connectivity index (χ1n) is 8.66. The van der Waals surface area contributed by atoms with E-state index in [0.717, 1.165) is 6.29 Å². The summed E-state index contributed by atoms with van der Waals surface area (Å²) in [5, 5.41) is 0. The molecule has 8 heteroatoms. The Morgan fingerprint density at radius 1 is 1.18 bits per heavy atom. The standard InChI is InChI=1S/C20H21N3O5/c1-11(5-6-24)18(25)13-9-21-20-17(13)23-14(10-22-20)12-7-15(26-2)19(28-4)16(8-12)27-3/h6-11H,5H2,1-4H3,(H,21,22). The second kappa shape index (κ2) is 8.08. The summed E-state index contributed by atoms with van der Waals surface area (Å²) in [5.41, 5.74) is 2.60. The van der Waals surface area contributed by atoms with Crippen LogP contribution in [0.25, 0.3) is 22.4 Å². The van der Waals surface area contributed by atoms with Gasteiger partial charge in [-0.2, -0.15) is 0 Å². The number of ketones is 1. The van der Waals surface area contributed by atoms with Gasteiger partial charge in [-0.15, -0.1) is 0 Å². The number of Topliss-reactive ketones (excluding diaryl/α,β-unsaturated/α-hetero) is 1. The number of aromatic amines is 1. The van der Waals surface area contributed by atoms with Crippen molar-refractivity contribution in [2.24, 2.45) is 5.92 Å². The zero-order valence-electron chi connectivity index (χ0n) is 16.1. The van der Waals surface area contributed by atoms with Gasteiger partial charge in [-0.05, 0) is 12.1 Å². The van der Waals surface area contributed by atoms with Gasteiger partial charge in [0.15, 0.2) is 22.9 Å². The van der Waals surface area contributed by atoms with E-state index in [1.165, 1.54) is 21.3 Å². The number of nitrogens with one attached hydrogen (secondary N) is 1. The quantitative estimate of drug-likeness (QED) is 0.471. The molecule has 0 amide bonds. The molecule has 0 aliphatic rings. The third-order valence-corrected chi connectivity index (χ3v) is 4.50. The number of carbonyl (C=O) groups is 2. The van der Waals surface area contributed by atoms with Gasteiger partial charge in [-0.1, -0.05) is 6.92 Å². The average Bonchev–Trinajstić information content (AvgIpc) is 3.15. The van der Waals surface area contributed by atoms with Gasteiger partial charge in [0, 0.05) is 24.1 Å². The first kappa shape index (κ1) is 19.3. The highest BCUT2D eigenvalue weighted by atomic mass is 16.5. The summed E-state index contributed by atoms with van der Waals surface area (Å²) in [7, 11) is 4.60. The van der Waals surface area contributed by atoms with Crippen LogP contribution >= 0.6 is 0 Å². The van der Waals surface area contributed by atoms with Gasteiger partial charge >= 0.3 is 0 Å². The summed E-state index contributed by atoms with van der Waals surface area (Å²) in [6.45, 7) is 1.71. The van der Waals surface area contributed by atoms with Crippen LogP contribution in [0, 0.1) is 5.92 Å². The van der Waals surface area contributed by atoms with E-state index in [1.54, 1.807) is 31.5 Å². The molecule has 0 saturated heterocycles. The molecule has 146 valence electrons. The van der Waals surface area contributed by atoms with Crippen LogP contribution in [0.3, 0.4) is 0 Å². The Kier molecular flexibility index (Phi) is 5.58. The first-order chi connectivity index (χ1) is 13.5. The minimum Gasteiger partial charge on any atom is -0.493 e. The molecule has 1 aromatic carbocycles. The number of methoxy groups -OCH3 is 3. The summed E-state index contributed by atoms with van der Waals surface area (Å²) in [6.07, 6.45) is 4.08. The molecule has 0 aliphatic heterocycles. The van der Waals surface area contributed by atoms with E-state index in [2.05, 4.69) is 15.0 Å². The van der Waals surface area contributed by atoms with Gasteiger partial charge in [0.1, 0.15) is 11.8 Å². The fourth-order valence-corrected chi connectivity index (χ4v) is 2.96. The Morgan fingerprint density at radius 3 is 2.43 bits per heavy atom. The minimum absolute atomic E-state index is 0.158. The average molecular weight is 383 g/mol. The van der Waals surface area contributed by atoms with Crippen LogP contribution in [0.4, 0.5) is 0 Å². The highest BCUT2D eigenvalue weighted by molar-refractivity contribution is 6.07.